The lowest BCUT2D eigenvalue weighted by Gasteiger charge is -2.47. The third kappa shape index (κ3) is 6.62. The number of anilines is 6. The second kappa shape index (κ2) is 14.0. The van der Waals surface area contributed by atoms with Crippen molar-refractivity contribution in [3.8, 4) is 11.1 Å². The van der Waals surface area contributed by atoms with E-state index in [4.69, 9.17) is 0 Å². The van der Waals surface area contributed by atoms with Gasteiger partial charge >= 0.3 is 0 Å². The summed E-state index contributed by atoms with van der Waals surface area (Å²) in [5.41, 5.74) is 26.8. The van der Waals surface area contributed by atoms with Gasteiger partial charge in [-0.2, -0.15) is 0 Å². The molecule has 2 heterocycles. The molecular formula is C64H75BN2. The molecule has 0 unspecified atom stereocenters. The van der Waals surface area contributed by atoms with Crippen molar-refractivity contribution < 1.29 is 0 Å². The molecule has 0 fully saturated rings. The van der Waals surface area contributed by atoms with Crippen LogP contribution < -0.4 is 26.2 Å². The Balaban J connectivity index is 1.29. The minimum atomic E-state index is -0.0984. The first-order valence-electron chi connectivity index (χ1n) is 25.7. The lowest BCUT2D eigenvalue weighted by molar-refractivity contribution is 0.332. The topological polar surface area (TPSA) is 6.48 Å². The van der Waals surface area contributed by atoms with Crippen LogP contribution in [0.4, 0.5) is 34.1 Å². The Kier molecular flexibility index (Phi) is 9.33. The predicted octanol–water partition coefficient (Wildman–Crippen LogP) is 15.7. The Morgan fingerprint density at radius 1 is 0.418 bits per heavy atom. The number of fused-ring (bicyclic) bond motifs is 7. The van der Waals surface area contributed by atoms with E-state index in [0.29, 0.717) is 0 Å². The minimum Gasteiger partial charge on any atom is -0.311 e. The van der Waals surface area contributed by atoms with Gasteiger partial charge in [-0.05, 0) is 191 Å². The first-order chi connectivity index (χ1) is 31.2. The van der Waals surface area contributed by atoms with Crippen LogP contribution in [-0.4, -0.2) is 6.71 Å². The first kappa shape index (κ1) is 44.5. The van der Waals surface area contributed by atoms with Crippen LogP contribution in [0.25, 0.3) is 11.1 Å². The molecule has 2 aliphatic heterocycles. The second-order valence-corrected chi connectivity index (χ2v) is 26.8. The standard InChI is InChI=1S/C64H75BN2/c1-39-30-45-48(62(11,12)29-28-60(45,7)8)36-53(39)67-54-37-49-47(63(13,14)38-64(49,15)16)35-51(54)65-50-31-41(40-20-18-17-19-21-40)22-25-52(50)66(55-32-42(58(2,3)4)33-56(67)57(55)65)43-23-24-44-46(34-43)61(9,10)27-26-59(44,5)6/h17-25,30-37H,26-29,38H2,1-16H3. The molecule has 0 N–H and O–H groups in total. The normalized spacial score (nSPS) is 20.6. The molecule has 11 rings (SSSR count). The number of rotatable bonds is 3. The van der Waals surface area contributed by atoms with E-state index >= 15 is 0 Å². The van der Waals surface area contributed by atoms with Gasteiger partial charge in [0.15, 0.2) is 0 Å². The highest BCUT2D eigenvalue weighted by Crippen LogP contribution is 2.56. The van der Waals surface area contributed by atoms with E-state index < -0.39 is 0 Å². The fourth-order valence-corrected chi connectivity index (χ4v) is 13.9. The zero-order valence-electron chi connectivity index (χ0n) is 43.8. The molecular weight excluding hydrogens is 808 g/mol. The SMILES string of the molecule is Cc1cc2c(cc1N1c3cc4c(cc3B3c5cc(-c6ccccc6)ccc5N(c5ccc6c(c5)C(C)(C)CCC6(C)C)c5cc(C(C)(C)C)cc1c53)C(C)(C)CC4(C)C)C(C)(C)CCC2(C)C. The molecule has 3 aliphatic carbocycles. The van der Waals surface area contributed by atoms with Crippen LogP contribution in [0.1, 0.15) is 180 Å². The molecule has 0 bridgehead atoms. The summed E-state index contributed by atoms with van der Waals surface area (Å²) in [5, 5.41) is 0. The van der Waals surface area contributed by atoms with Gasteiger partial charge in [0.25, 0.3) is 6.71 Å². The van der Waals surface area contributed by atoms with Crippen LogP contribution in [0.2, 0.25) is 0 Å². The van der Waals surface area contributed by atoms with E-state index in [1.807, 2.05) is 0 Å². The molecule has 0 saturated heterocycles. The highest BCUT2D eigenvalue weighted by molar-refractivity contribution is 7.00. The summed E-state index contributed by atoms with van der Waals surface area (Å²) in [6.07, 6.45) is 5.90. The molecule has 0 radical (unpaired) electrons. The number of hydrogen-bond donors (Lipinski definition) is 0. The average molecular weight is 883 g/mol. The maximum Gasteiger partial charge on any atom is 0.252 e. The molecule has 2 nitrogen and oxygen atoms in total. The monoisotopic (exact) mass is 883 g/mol. The number of hydrogen-bond acceptors (Lipinski definition) is 2. The van der Waals surface area contributed by atoms with E-state index in [1.54, 1.807) is 0 Å². The van der Waals surface area contributed by atoms with E-state index in [-0.39, 0.29) is 44.6 Å². The van der Waals surface area contributed by atoms with Crippen molar-refractivity contribution in [2.45, 2.75) is 181 Å². The Morgan fingerprint density at radius 2 is 0.925 bits per heavy atom. The molecule has 0 amide bonds. The highest BCUT2D eigenvalue weighted by Gasteiger charge is 2.50. The van der Waals surface area contributed by atoms with Gasteiger partial charge in [-0.1, -0.05) is 165 Å². The number of nitrogens with zero attached hydrogens (tertiary/aromatic N) is 2. The van der Waals surface area contributed by atoms with Gasteiger partial charge in [0, 0.05) is 34.1 Å². The Hall–Kier alpha value is -5.02. The molecule has 6 aromatic rings. The molecule has 3 heteroatoms. The zero-order chi connectivity index (χ0) is 47.8. The van der Waals surface area contributed by atoms with Crippen molar-refractivity contribution in [1.82, 2.24) is 0 Å². The average Bonchev–Trinajstić information content (AvgIpc) is 3.44. The molecule has 6 aromatic carbocycles. The molecule has 0 aromatic heterocycles. The van der Waals surface area contributed by atoms with E-state index in [0.717, 1.165) is 6.42 Å². The Morgan fingerprint density at radius 3 is 1.54 bits per heavy atom. The van der Waals surface area contributed by atoms with E-state index in [1.165, 1.54) is 132 Å². The van der Waals surface area contributed by atoms with Gasteiger partial charge in [0.1, 0.15) is 0 Å². The second-order valence-electron chi connectivity index (χ2n) is 26.8. The summed E-state index contributed by atoms with van der Waals surface area (Å²) in [4.78, 5) is 5.44. The Labute approximate surface area is 404 Å². The van der Waals surface area contributed by atoms with Crippen LogP contribution in [0.5, 0.6) is 0 Å². The largest absolute Gasteiger partial charge is 0.311 e. The molecule has 344 valence electrons. The third-order valence-electron chi connectivity index (χ3n) is 18.0. The van der Waals surface area contributed by atoms with Crippen LogP contribution in [0.3, 0.4) is 0 Å². The molecule has 67 heavy (non-hydrogen) atoms. The van der Waals surface area contributed by atoms with Crippen molar-refractivity contribution in [2.75, 3.05) is 9.80 Å². The minimum absolute atomic E-state index is 0.0336. The quantitative estimate of drug-likeness (QED) is 0.163. The fraction of sp³-hybridized carbons (Fsp3) is 0.438. The van der Waals surface area contributed by atoms with E-state index in [2.05, 4.69) is 224 Å². The van der Waals surface area contributed by atoms with Crippen LogP contribution in [0, 0.1) is 6.92 Å². The predicted molar refractivity (Wildman–Crippen MR) is 291 cm³/mol. The van der Waals surface area contributed by atoms with Crippen molar-refractivity contribution in [3.63, 3.8) is 0 Å². The maximum atomic E-state index is 2.76. The lowest BCUT2D eigenvalue weighted by Crippen LogP contribution is -2.61. The van der Waals surface area contributed by atoms with Crippen molar-refractivity contribution in [2.24, 2.45) is 0 Å². The van der Waals surface area contributed by atoms with Crippen LogP contribution in [-0.2, 0) is 37.9 Å². The highest BCUT2D eigenvalue weighted by atomic mass is 15.2. The van der Waals surface area contributed by atoms with E-state index in [9.17, 15) is 0 Å². The fourth-order valence-electron chi connectivity index (χ4n) is 13.9. The van der Waals surface area contributed by atoms with Crippen LogP contribution >= 0.6 is 0 Å². The van der Waals surface area contributed by atoms with Gasteiger partial charge in [0.05, 0.1) is 0 Å². The van der Waals surface area contributed by atoms with Crippen LogP contribution in [0.15, 0.2) is 103 Å². The molecule has 0 saturated carbocycles. The van der Waals surface area contributed by atoms with Gasteiger partial charge in [-0.25, -0.2) is 0 Å². The number of aryl methyl sites for hydroxylation is 1. The molecule has 5 aliphatic rings. The Bertz CT molecular complexity index is 3060. The van der Waals surface area contributed by atoms with Gasteiger partial charge in [0.2, 0.25) is 0 Å². The summed E-state index contributed by atoms with van der Waals surface area (Å²) >= 11 is 0. The summed E-state index contributed by atoms with van der Waals surface area (Å²) in [6, 6.07) is 41.8. The van der Waals surface area contributed by atoms with Gasteiger partial charge in [-0.3, -0.25) is 0 Å². The summed E-state index contributed by atoms with van der Waals surface area (Å²) in [6.45, 7) is 39.3. The maximum absolute atomic E-state index is 2.76. The third-order valence-corrected chi connectivity index (χ3v) is 18.0. The van der Waals surface area contributed by atoms with Gasteiger partial charge in [-0.15, -0.1) is 0 Å². The molecule has 0 spiro atoms. The van der Waals surface area contributed by atoms with Crippen molar-refractivity contribution >= 4 is 57.2 Å². The number of benzene rings is 6. The smallest absolute Gasteiger partial charge is 0.252 e. The summed E-state index contributed by atoms with van der Waals surface area (Å²) in [5.74, 6) is 0. The summed E-state index contributed by atoms with van der Waals surface area (Å²) in [7, 11) is 0. The van der Waals surface area contributed by atoms with Gasteiger partial charge < -0.3 is 9.80 Å². The molecule has 0 atom stereocenters. The summed E-state index contributed by atoms with van der Waals surface area (Å²) < 4.78 is 0. The first-order valence-corrected chi connectivity index (χ1v) is 25.7. The lowest BCUT2D eigenvalue weighted by atomic mass is 9.33. The zero-order valence-corrected chi connectivity index (χ0v) is 43.8. The van der Waals surface area contributed by atoms with Crippen molar-refractivity contribution in [3.05, 3.63) is 148 Å². The van der Waals surface area contributed by atoms with Crippen molar-refractivity contribution in [1.29, 1.82) is 0 Å².